The van der Waals surface area contributed by atoms with Gasteiger partial charge in [-0.15, -0.1) is 0 Å². The third kappa shape index (κ3) is 3.12. The van der Waals surface area contributed by atoms with Gasteiger partial charge in [0.15, 0.2) is 0 Å². The molecule has 0 saturated heterocycles. The summed E-state index contributed by atoms with van der Waals surface area (Å²) in [6.45, 7) is 3.11. The van der Waals surface area contributed by atoms with Crippen molar-refractivity contribution in [3.8, 4) is 17.1 Å². The third-order valence-electron chi connectivity index (χ3n) is 4.14. The Bertz CT molecular complexity index is 822. The highest BCUT2D eigenvalue weighted by Gasteiger charge is 2.18. The van der Waals surface area contributed by atoms with Gasteiger partial charge in [0.05, 0.1) is 5.69 Å². The van der Waals surface area contributed by atoms with Crippen molar-refractivity contribution in [1.29, 1.82) is 0 Å². The molecule has 0 unspecified atom stereocenters. The summed E-state index contributed by atoms with van der Waals surface area (Å²) in [5.41, 5.74) is 4.47. The van der Waals surface area contributed by atoms with Crippen LogP contribution in [0, 0.1) is 0 Å². The van der Waals surface area contributed by atoms with Gasteiger partial charge in [-0.2, -0.15) is 0 Å². The lowest BCUT2D eigenvalue weighted by atomic mass is 10.0. The Labute approximate surface area is 141 Å². The van der Waals surface area contributed by atoms with E-state index in [1.165, 1.54) is 17.5 Å². The molecule has 0 amide bonds. The van der Waals surface area contributed by atoms with E-state index in [2.05, 4.69) is 44.1 Å². The van der Waals surface area contributed by atoms with Crippen molar-refractivity contribution in [3.05, 3.63) is 72.3 Å². The molecular weight excluding hydrogens is 300 g/mol. The van der Waals surface area contributed by atoms with Crippen molar-refractivity contribution >= 4 is 0 Å². The number of hydrogen-bond donors (Lipinski definition) is 0. The van der Waals surface area contributed by atoms with Crippen molar-refractivity contribution in [2.45, 2.75) is 13.1 Å². The SMILES string of the molecule is c1ccc(-c2ccccc2CN2CCOc3ncncc3C2)nc1. The van der Waals surface area contributed by atoms with Gasteiger partial charge in [-0.1, -0.05) is 30.3 Å². The van der Waals surface area contributed by atoms with Crippen LogP contribution in [-0.4, -0.2) is 33.0 Å². The Balaban J connectivity index is 1.60. The number of hydrogen-bond acceptors (Lipinski definition) is 5. The van der Waals surface area contributed by atoms with E-state index in [4.69, 9.17) is 4.74 Å². The van der Waals surface area contributed by atoms with Gasteiger partial charge in [0.1, 0.15) is 12.9 Å². The smallest absolute Gasteiger partial charge is 0.220 e. The van der Waals surface area contributed by atoms with E-state index in [1.54, 1.807) is 0 Å². The zero-order valence-corrected chi connectivity index (χ0v) is 13.3. The Morgan fingerprint density at radius 2 is 1.96 bits per heavy atom. The van der Waals surface area contributed by atoms with Gasteiger partial charge in [0.2, 0.25) is 5.88 Å². The van der Waals surface area contributed by atoms with Gasteiger partial charge in [-0.25, -0.2) is 9.97 Å². The Hall–Kier alpha value is -2.79. The largest absolute Gasteiger partial charge is 0.476 e. The van der Waals surface area contributed by atoms with Gasteiger partial charge in [-0.05, 0) is 17.7 Å². The van der Waals surface area contributed by atoms with Crippen molar-refractivity contribution in [1.82, 2.24) is 19.9 Å². The summed E-state index contributed by atoms with van der Waals surface area (Å²) in [4.78, 5) is 15.2. The van der Waals surface area contributed by atoms with Gasteiger partial charge < -0.3 is 4.74 Å². The molecule has 0 atom stereocenters. The quantitative estimate of drug-likeness (QED) is 0.743. The van der Waals surface area contributed by atoms with Crippen LogP contribution in [0.15, 0.2) is 61.2 Å². The number of fused-ring (bicyclic) bond motifs is 1. The lowest BCUT2D eigenvalue weighted by Crippen LogP contribution is -2.25. The number of rotatable bonds is 3. The summed E-state index contributed by atoms with van der Waals surface area (Å²) < 4.78 is 5.73. The molecule has 3 aromatic rings. The highest BCUT2D eigenvalue weighted by Crippen LogP contribution is 2.25. The van der Waals surface area contributed by atoms with Crippen LogP contribution in [0.3, 0.4) is 0 Å². The van der Waals surface area contributed by atoms with Crippen molar-refractivity contribution in [3.63, 3.8) is 0 Å². The molecule has 5 heteroatoms. The monoisotopic (exact) mass is 318 g/mol. The van der Waals surface area contributed by atoms with E-state index in [1.807, 2.05) is 30.6 Å². The molecule has 2 aromatic heterocycles. The van der Waals surface area contributed by atoms with Crippen LogP contribution in [0.2, 0.25) is 0 Å². The second kappa shape index (κ2) is 6.76. The molecular formula is C19H18N4O. The van der Waals surface area contributed by atoms with Gasteiger partial charge in [0.25, 0.3) is 0 Å². The van der Waals surface area contributed by atoms with E-state index in [9.17, 15) is 0 Å². The van der Waals surface area contributed by atoms with Gasteiger partial charge >= 0.3 is 0 Å². The fourth-order valence-electron chi connectivity index (χ4n) is 2.98. The molecule has 3 heterocycles. The first-order valence-electron chi connectivity index (χ1n) is 8.03. The molecule has 0 fully saturated rings. The standard InChI is InChI=1S/C19H18N4O/c1-2-6-17(18-7-3-4-8-21-18)15(5-1)12-23-9-10-24-19-16(13-23)11-20-14-22-19/h1-8,11,14H,9-10,12-13H2. The third-order valence-corrected chi connectivity index (χ3v) is 4.14. The molecule has 0 spiro atoms. The average Bonchev–Trinajstić information content (AvgIpc) is 2.84. The molecule has 1 aromatic carbocycles. The second-order valence-corrected chi connectivity index (χ2v) is 5.78. The van der Waals surface area contributed by atoms with E-state index in [0.717, 1.165) is 30.9 Å². The zero-order valence-electron chi connectivity index (χ0n) is 13.3. The number of aromatic nitrogens is 3. The fraction of sp³-hybridized carbons (Fsp3) is 0.211. The number of nitrogens with zero attached hydrogens (tertiary/aromatic N) is 4. The summed E-state index contributed by atoms with van der Waals surface area (Å²) in [6, 6.07) is 14.4. The van der Waals surface area contributed by atoms with Crippen molar-refractivity contribution in [2.24, 2.45) is 0 Å². The maximum Gasteiger partial charge on any atom is 0.220 e. The van der Waals surface area contributed by atoms with Crippen LogP contribution in [0.25, 0.3) is 11.3 Å². The van der Waals surface area contributed by atoms with Gasteiger partial charge in [-0.3, -0.25) is 9.88 Å². The second-order valence-electron chi connectivity index (χ2n) is 5.78. The molecule has 0 bridgehead atoms. The molecule has 0 N–H and O–H groups in total. The molecule has 120 valence electrons. The lowest BCUT2D eigenvalue weighted by Gasteiger charge is -2.20. The Kier molecular flexibility index (Phi) is 4.16. The Morgan fingerprint density at radius 3 is 2.88 bits per heavy atom. The summed E-state index contributed by atoms with van der Waals surface area (Å²) in [5, 5.41) is 0. The van der Waals surface area contributed by atoms with Crippen LogP contribution in [-0.2, 0) is 13.1 Å². The molecule has 0 aliphatic carbocycles. The van der Waals surface area contributed by atoms with E-state index in [-0.39, 0.29) is 0 Å². The summed E-state index contributed by atoms with van der Waals surface area (Å²) in [5.74, 6) is 0.700. The van der Waals surface area contributed by atoms with Crippen LogP contribution in [0.4, 0.5) is 0 Å². The minimum Gasteiger partial charge on any atom is -0.476 e. The van der Waals surface area contributed by atoms with Crippen LogP contribution < -0.4 is 4.74 Å². The molecule has 1 aliphatic heterocycles. The van der Waals surface area contributed by atoms with E-state index < -0.39 is 0 Å². The first-order valence-corrected chi connectivity index (χ1v) is 8.03. The molecule has 0 radical (unpaired) electrons. The highest BCUT2D eigenvalue weighted by molar-refractivity contribution is 5.63. The molecule has 5 nitrogen and oxygen atoms in total. The first kappa shape index (κ1) is 14.8. The number of ether oxygens (including phenoxy) is 1. The molecule has 0 saturated carbocycles. The molecule has 24 heavy (non-hydrogen) atoms. The minimum atomic E-state index is 0.635. The van der Waals surface area contributed by atoms with E-state index >= 15 is 0 Å². The zero-order chi connectivity index (χ0) is 16.2. The summed E-state index contributed by atoms with van der Waals surface area (Å²) in [6.07, 6.45) is 5.20. The predicted molar refractivity (Wildman–Crippen MR) is 91.3 cm³/mol. The predicted octanol–water partition coefficient (Wildman–Crippen LogP) is 2.93. The first-order chi connectivity index (χ1) is 11.9. The maximum absolute atomic E-state index is 5.73. The number of pyridine rings is 1. The molecule has 1 aliphatic rings. The minimum absolute atomic E-state index is 0.635. The molecule has 4 rings (SSSR count). The summed E-state index contributed by atoms with van der Waals surface area (Å²) in [7, 11) is 0. The average molecular weight is 318 g/mol. The van der Waals surface area contributed by atoms with Crippen LogP contribution in [0.1, 0.15) is 11.1 Å². The van der Waals surface area contributed by atoms with Gasteiger partial charge in [0, 0.05) is 43.2 Å². The highest BCUT2D eigenvalue weighted by atomic mass is 16.5. The van der Waals surface area contributed by atoms with Crippen molar-refractivity contribution < 1.29 is 4.74 Å². The van der Waals surface area contributed by atoms with E-state index in [0.29, 0.717) is 12.5 Å². The van der Waals surface area contributed by atoms with Crippen LogP contribution in [0.5, 0.6) is 5.88 Å². The Morgan fingerprint density at radius 1 is 1.04 bits per heavy atom. The van der Waals surface area contributed by atoms with Crippen molar-refractivity contribution in [2.75, 3.05) is 13.2 Å². The van der Waals surface area contributed by atoms with Crippen LogP contribution >= 0.6 is 0 Å². The normalized spacial score (nSPS) is 14.5. The topological polar surface area (TPSA) is 51.1 Å². The fourth-order valence-corrected chi connectivity index (χ4v) is 2.98. The maximum atomic E-state index is 5.73. The summed E-state index contributed by atoms with van der Waals surface area (Å²) >= 11 is 0. The lowest BCUT2D eigenvalue weighted by molar-refractivity contribution is 0.217. The number of benzene rings is 1.